The van der Waals surface area contributed by atoms with Crippen molar-refractivity contribution >= 4 is 12.0 Å². The largest absolute Gasteiger partial charge is 1.00 e. The molecular weight excluding hydrogens is 231 g/mol. The molecule has 48 valence electrons. The second-order valence-electron chi connectivity index (χ2n) is 1.74. The molecule has 0 atom stereocenters. The fraction of sp³-hybridized carbons (Fsp3) is 0. The van der Waals surface area contributed by atoms with Crippen molar-refractivity contribution in [2.24, 2.45) is 0 Å². The number of rotatable bonds is 1. The molecule has 0 aliphatic heterocycles. The third kappa shape index (κ3) is 8.87. The summed E-state index contributed by atoms with van der Waals surface area (Å²) in [6, 6.07) is 6.41. The van der Waals surface area contributed by atoms with Gasteiger partial charge in [0.1, 0.15) is 6.29 Å². The molecule has 1 aromatic carbocycles. The van der Waals surface area contributed by atoms with E-state index in [0.717, 1.165) is 6.29 Å². The molecule has 0 aliphatic carbocycles. The fourth-order valence-corrected chi connectivity index (χ4v) is 0.562. The standard InChI is InChI=1S/C7H7NO.3K.H/c8-7-3-1-6(5-9)2-4-7;;;;/h1-5H,(H2,8,9);;;;/q;3*+1;-1/p-1. The van der Waals surface area contributed by atoms with E-state index in [2.05, 4.69) is 0 Å². The second kappa shape index (κ2) is 12.7. The molecule has 12 heavy (non-hydrogen) atoms. The van der Waals surface area contributed by atoms with Crippen molar-refractivity contribution in [2.75, 3.05) is 0 Å². The first-order valence-electron chi connectivity index (χ1n) is 2.60. The Morgan fingerprint density at radius 2 is 1.50 bits per heavy atom. The van der Waals surface area contributed by atoms with Gasteiger partial charge in [-0.3, -0.25) is 4.79 Å². The van der Waals surface area contributed by atoms with Crippen molar-refractivity contribution in [1.29, 1.82) is 0 Å². The summed E-state index contributed by atoms with van der Waals surface area (Å²) < 4.78 is 0. The smallest absolute Gasteiger partial charge is 1.00 e. The van der Waals surface area contributed by atoms with Gasteiger partial charge >= 0.3 is 154 Å². The Balaban J connectivity index is -0.000000101. The van der Waals surface area contributed by atoms with E-state index in [1.807, 2.05) is 0 Å². The van der Waals surface area contributed by atoms with Crippen LogP contribution in [-0.4, -0.2) is 6.29 Å². The van der Waals surface area contributed by atoms with Crippen molar-refractivity contribution in [2.45, 2.75) is 0 Å². The van der Waals surface area contributed by atoms with Gasteiger partial charge in [0.15, 0.2) is 0 Å². The molecule has 0 spiro atoms. The average Bonchev–Trinajstić information content (AvgIpc) is 1.90. The van der Waals surface area contributed by atoms with Crippen LogP contribution in [0.1, 0.15) is 11.8 Å². The molecule has 0 saturated carbocycles. The Morgan fingerprint density at radius 1 is 1.08 bits per heavy atom. The van der Waals surface area contributed by atoms with Crippen LogP contribution in [0, 0.1) is 0 Å². The van der Waals surface area contributed by atoms with Gasteiger partial charge in [0.05, 0.1) is 0 Å². The van der Waals surface area contributed by atoms with Crippen LogP contribution in [-0.2, 0) is 0 Å². The molecule has 0 bridgehead atoms. The number of hydrogen-bond donors (Lipinski definition) is 0. The number of nitrogens with one attached hydrogen (secondary N) is 1. The molecule has 0 aromatic heterocycles. The van der Waals surface area contributed by atoms with Crippen LogP contribution in [0.5, 0.6) is 0 Å². The van der Waals surface area contributed by atoms with Gasteiger partial charge in [-0.15, -0.1) is 5.69 Å². The average molecular weight is 238 g/mol. The van der Waals surface area contributed by atoms with E-state index in [0.29, 0.717) is 11.3 Å². The number of aldehydes is 1. The van der Waals surface area contributed by atoms with Crippen molar-refractivity contribution in [1.82, 2.24) is 0 Å². The van der Waals surface area contributed by atoms with E-state index in [-0.39, 0.29) is 156 Å². The van der Waals surface area contributed by atoms with Gasteiger partial charge in [-0.2, -0.15) is 0 Å². The monoisotopic (exact) mass is 238 g/mol. The first kappa shape index (κ1) is 20.9. The fourth-order valence-electron chi connectivity index (χ4n) is 0.562. The van der Waals surface area contributed by atoms with E-state index < -0.39 is 0 Å². The minimum absolute atomic E-state index is 0. The third-order valence-corrected chi connectivity index (χ3v) is 1.05. The molecule has 5 heteroatoms. The zero-order valence-corrected chi connectivity index (χ0v) is 17.2. The normalized spacial score (nSPS) is 6.67. The minimum atomic E-state index is 0. The zero-order valence-electron chi connectivity index (χ0n) is 8.79. The Bertz CT molecular complexity index is 217. The van der Waals surface area contributed by atoms with E-state index in [1.165, 1.54) is 0 Å². The number of carbonyl (C=O) groups excluding carboxylic acids is 1. The van der Waals surface area contributed by atoms with Gasteiger partial charge in [0.2, 0.25) is 0 Å². The zero-order chi connectivity index (χ0) is 6.69. The topological polar surface area (TPSA) is 40.9 Å². The molecule has 0 amide bonds. The second-order valence-corrected chi connectivity index (χ2v) is 1.74. The van der Waals surface area contributed by atoms with Gasteiger partial charge in [-0.25, -0.2) is 0 Å². The van der Waals surface area contributed by atoms with Crippen LogP contribution in [0.2, 0.25) is 0 Å². The van der Waals surface area contributed by atoms with Crippen LogP contribution in [0.3, 0.4) is 0 Å². The predicted octanol–water partition coefficient (Wildman–Crippen LogP) is -6.69. The number of benzene rings is 1. The molecule has 2 nitrogen and oxygen atoms in total. The summed E-state index contributed by atoms with van der Waals surface area (Å²) in [5.41, 5.74) is 8.10. The molecule has 0 aliphatic rings. The summed E-state index contributed by atoms with van der Waals surface area (Å²) in [7, 11) is 0. The Labute approximate surface area is 202 Å². The van der Waals surface area contributed by atoms with Crippen molar-refractivity contribution in [3.05, 3.63) is 35.6 Å². The summed E-state index contributed by atoms with van der Waals surface area (Å²) in [5.74, 6) is 0. The molecule has 1 N–H and O–H groups in total. The molecule has 1 rings (SSSR count). The summed E-state index contributed by atoms with van der Waals surface area (Å²) in [5, 5.41) is 0. The Kier molecular flexibility index (Phi) is 22.1. The van der Waals surface area contributed by atoms with Crippen molar-refractivity contribution in [3.8, 4) is 0 Å². The molecule has 0 saturated heterocycles. The van der Waals surface area contributed by atoms with Crippen LogP contribution in [0.25, 0.3) is 5.73 Å². The van der Waals surface area contributed by atoms with E-state index in [9.17, 15) is 4.79 Å². The Hall–Kier alpha value is 3.60. The molecule has 0 heterocycles. The van der Waals surface area contributed by atoms with Gasteiger partial charge in [-0.1, -0.05) is 24.3 Å². The first-order valence-corrected chi connectivity index (χ1v) is 2.60. The predicted molar refractivity (Wildman–Crippen MR) is 36.9 cm³/mol. The molecular formula is C7H7K3NO+. The Morgan fingerprint density at radius 3 is 1.83 bits per heavy atom. The van der Waals surface area contributed by atoms with Crippen molar-refractivity contribution < 1.29 is 160 Å². The number of carbonyl (C=O) groups is 1. The first-order chi connectivity index (χ1) is 4.33. The van der Waals surface area contributed by atoms with Gasteiger partial charge < -0.3 is 7.16 Å². The van der Waals surface area contributed by atoms with Gasteiger partial charge in [0.25, 0.3) is 0 Å². The van der Waals surface area contributed by atoms with E-state index in [1.54, 1.807) is 24.3 Å². The van der Waals surface area contributed by atoms with Gasteiger partial charge in [-0.05, 0) is 0 Å². The van der Waals surface area contributed by atoms with Gasteiger partial charge in [0, 0.05) is 5.56 Å². The summed E-state index contributed by atoms with van der Waals surface area (Å²) >= 11 is 0. The minimum Gasteiger partial charge on any atom is -1.00 e. The maximum atomic E-state index is 10.1. The maximum Gasteiger partial charge on any atom is 1.00 e. The van der Waals surface area contributed by atoms with Crippen LogP contribution < -0.4 is 154 Å². The molecule has 0 fully saturated rings. The molecule has 0 radical (unpaired) electrons. The quantitative estimate of drug-likeness (QED) is 0.354. The third-order valence-electron chi connectivity index (χ3n) is 1.05. The van der Waals surface area contributed by atoms with E-state index in [4.69, 9.17) is 5.73 Å². The van der Waals surface area contributed by atoms with E-state index >= 15 is 0 Å². The number of hydrogen-bond acceptors (Lipinski definition) is 1. The van der Waals surface area contributed by atoms with Crippen LogP contribution in [0.15, 0.2) is 24.3 Å². The SMILES string of the molecule is [H-].[K+].[K+].[K+].[NH-]c1ccc(C=O)cc1. The summed E-state index contributed by atoms with van der Waals surface area (Å²) in [6.45, 7) is 0. The van der Waals surface area contributed by atoms with Crippen LogP contribution in [0.4, 0.5) is 5.69 Å². The maximum absolute atomic E-state index is 10.1. The summed E-state index contributed by atoms with van der Waals surface area (Å²) in [6.07, 6.45) is 0.763. The van der Waals surface area contributed by atoms with Crippen LogP contribution >= 0.6 is 0 Å². The van der Waals surface area contributed by atoms with Crippen molar-refractivity contribution in [3.63, 3.8) is 0 Å². The summed E-state index contributed by atoms with van der Waals surface area (Å²) in [4.78, 5) is 10.1. The molecule has 1 aromatic rings. The molecule has 0 unspecified atom stereocenters.